The zero-order chi connectivity index (χ0) is 14.8. The average molecular weight is 302 g/mol. The number of carbonyl (C=O) groups is 1. The summed E-state index contributed by atoms with van der Waals surface area (Å²) in [4.78, 5) is 12.9. The first-order chi connectivity index (χ1) is 10.1. The van der Waals surface area contributed by atoms with Crippen molar-refractivity contribution in [3.8, 4) is 11.5 Å². The summed E-state index contributed by atoms with van der Waals surface area (Å²) in [5, 5.41) is 0. The fourth-order valence-electron chi connectivity index (χ4n) is 2.05. The Hall–Kier alpha value is -2.14. The molecule has 1 unspecified atom stereocenters. The van der Waals surface area contributed by atoms with Crippen molar-refractivity contribution in [2.45, 2.75) is 11.8 Å². The number of Topliss-reactive ketones (excluding diaryl/α,β-unsaturated/α-hetero) is 1. The molecule has 0 radical (unpaired) electrons. The largest absolute Gasteiger partial charge is 0.454 e. The standard InChI is InChI=1S/C16H14O4S/c1-11-2-5-13(6-3-11)21(18)9-14(17)12-4-7-15-16(8-12)20-10-19-15/h2-8H,9-10H2,1H3. The van der Waals surface area contributed by atoms with Crippen LogP contribution in [-0.4, -0.2) is 22.5 Å². The molecule has 1 aliphatic heterocycles. The van der Waals surface area contributed by atoms with Gasteiger partial charge in [0.2, 0.25) is 6.79 Å². The number of hydrogen-bond donors (Lipinski definition) is 0. The molecule has 0 aliphatic carbocycles. The predicted octanol–water partition coefficient (Wildman–Crippen LogP) is 2.71. The van der Waals surface area contributed by atoms with Gasteiger partial charge in [0, 0.05) is 10.5 Å². The van der Waals surface area contributed by atoms with Gasteiger partial charge in [-0.2, -0.15) is 0 Å². The highest BCUT2D eigenvalue weighted by Gasteiger charge is 2.18. The van der Waals surface area contributed by atoms with Crippen molar-refractivity contribution in [3.63, 3.8) is 0 Å². The molecule has 21 heavy (non-hydrogen) atoms. The van der Waals surface area contributed by atoms with E-state index in [9.17, 15) is 9.00 Å². The van der Waals surface area contributed by atoms with Gasteiger partial charge >= 0.3 is 0 Å². The number of ketones is 1. The van der Waals surface area contributed by atoms with Crippen molar-refractivity contribution in [3.05, 3.63) is 53.6 Å². The summed E-state index contributed by atoms with van der Waals surface area (Å²) in [5.41, 5.74) is 1.58. The zero-order valence-corrected chi connectivity index (χ0v) is 12.3. The third kappa shape index (κ3) is 2.97. The maximum absolute atomic E-state index is 12.2. The number of rotatable bonds is 4. The summed E-state index contributed by atoms with van der Waals surface area (Å²) in [7, 11) is -1.34. The number of hydrogen-bond acceptors (Lipinski definition) is 4. The Morgan fingerprint density at radius 2 is 1.81 bits per heavy atom. The molecule has 1 atom stereocenters. The van der Waals surface area contributed by atoms with Crippen molar-refractivity contribution in [1.29, 1.82) is 0 Å². The fraction of sp³-hybridized carbons (Fsp3) is 0.188. The normalized spacial score (nSPS) is 14.0. The molecule has 4 nitrogen and oxygen atoms in total. The zero-order valence-electron chi connectivity index (χ0n) is 11.5. The monoisotopic (exact) mass is 302 g/mol. The van der Waals surface area contributed by atoms with E-state index in [1.54, 1.807) is 30.3 Å². The average Bonchev–Trinajstić information content (AvgIpc) is 2.95. The van der Waals surface area contributed by atoms with E-state index in [2.05, 4.69) is 0 Å². The van der Waals surface area contributed by atoms with E-state index < -0.39 is 10.8 Å². The molecule has 108 valence electrons. The number of ether oxygens (including phenoxy) is 2. The van der Waals surface area contributed by atoms with Gasteiger partial charge in [-0.05, 0) is 37.3 Å². The van der Waals surface area contributed by atoms with Crippen molar-refractivity contribution in [2.24, 2.45) is 0 Å². The number of benzene rings is 2. The van der Waals surface area contributed by atoms with E-state index in [0.717, 1.165) is 5.56 Å². The summed E-state index contributed by atoms with van der Waals surface area (Å²) < 4.78 is 22.7. The van der Waals surface area contributed by atoms with Gasteiger partial charge in [0.05, 0.1) is 16.6 Å². The number of carbonyl (C=O) groups excluding carboxylic acids is 1. The van der Waals surface area contributed by atoms with Crippen molar-refractivity contribution in [1.82, 2.24) is 0 Å². The van der Waals surface area contributed by atoms with Gasteiger partial charge in [-0.15, -0.1) is 0 Å². The lowest BCUT2D eigenvalue weighted by atomic mass is 10.1. The first kappa shape index (κ1) is 13.8. The lowest BCUT2D eigenvalue weighted by Crippen LogP contribution is -2.11. The SMILES string of the molecule is Cc1ccc(S(=O)CC(=O)c2ccc3c(c2)OCO3)cc1. The molecule has 2 aromatic rings. The first-order valence-electron chi connectivity index (χ1n) is 6.51. The number of fused-ring (bicyclic) bond motifs is 1. The molecule has 0 aromatic heterocycles. The van der Waals surface area contributed by atoms with Crippen LogP contribution in [0.5, 0.6) is 11.5 Å². The molecule has 0 saturated carbocycles. The van der Waals surface area contributed by atoms with E-state index in [1.807, 2.05) is 19.1 Å². The van der Waals surface area contributed by atoms with Crippen molar-refractivity contribution < 1.29 is 18.5 Å². The van der Waals surface area contributed by atoms with Gasteiger partial charge < -0.3 is 9.47 Å². The van der Waals surface area contributed by atoms with E-state index >= 15 is 0 Å². The van der Waals surface area contributed by atoms with Crippen LogP contribution in [0.2, 0.25) is 0 Å². The van der Waals surface area contributed by atoms with Gasteiger partial charge in [-0.25, -0.2) is 0 Å². The highest BCUT2D eigenvalue weighted by Crippen LogP contribution is 2.32. The highest BCUT2D eigenvalue weighted by atomic mass is 32.2. The Morgan fingerprint density at radius 3 is 2.57 bits per heavy atom. The van der Waals surface area contributed by atoms with Crippen LogP contribution in [0.15, 0.2) is 47.4 Å². The van der Waals surface area contributed by atoms with Crippen LogP contribution in [0.25, 0.3) is 0 Å². The molecule has 0 saturated heterocycles. The van der Waals surface area contributed by atoms with Crippen LogP contribution < -0.4 is 9.47 Å². The van der Waals surface area contributed by atoms with Crippen LogP contribution in [-0.2, 0) is 10.8 Å². The molecule has 0 spiro atoms. The maximum Gasteiger partial charge on any atom is 0.231 e. The first-order valence-corrected chi connectivity index (χ1v) is 7.83. The van der Waals surface area contributed by atoms with Crippen LogP contribution in [0.1, 0.15) is 15.9 Å². The maximum atomic E-state index is 12.2. The van der Waals surface area contributed by atoms with Crippen LogP contribution >= 0.6 is 0 Å². The highest BCUT2D eigenvalue weighted by molar-refractivity contribution is 7.85. The lowest BCUT2D eigenvalue weighted by Gasteiger charge is -2.04. The number of aryl methyl sites for hydroxylation is 1. The van der Waals surface area contributed by atoms with Gasteiger partial charge in [-0.3, -0.25) is 9.00 Å². The molecule has 0 amide bonds. The summed E-state index contributed by atoms with van der Waals surface area (Å²) in [6, 6.07) is 12.4. The Labute approximate surface area is 125 Å². The van der Waals surface area contributed by atoms with Gasteiger partial charge in [-0.1, -0.05) is 17.7 Å². The lowest BCUT2D eigenvalue weighted by molar-refractivity contribution is 0.102. The van der Waals surface area contributed by atoms with E-state index in [-0.39, 0.29) is 18.3 Å². The Balaban J connectivity index is 1.74. The minimum atomic E-state index is -1.34. The fourth-order valence-corrected chi connectivity index (χ4v) is 3.06. The minimum absolute atomic E-state index is 0.0390. The summed E-state index contributed by atoms with van der Waals surface area (Å²) in [6.07, 6.45) is 0. The molecule has 2 aromatic carbocycles. The molecule has 1 aliphatic rings. The molecular formula is C16H14O4S. The third-order valence-electron chi connectivity index (χ3n) is 3.24. The molecule has 0 N–H and O–H groups in total. The molecule has 5 heteroatoms. The second-order valence-corrected chi connectivity index (χ2v) is 6.25. The van der Waals surface area contributed by atoms with E-state index in [4.69, 9.17) is 9.47 Å². The smallest absolute Gasteiger partial charge is 0.231 e. The molecule has 0 fully saturated rings. The van der Waals surface area contributed by atoms with Gasteiger partial charge in [0.1, 0.15) is 0 Å². The van der Waals surface area contributed by atoms with Crippen molar-refractivity contribution >= 4 is 16.6 Å². The quantitative estimate of drug-likeness (QED) is 0.815. The second-order valence-electron chi connectivity index (χ2n) is 4.79. The van der Waals surface area contributed by atoms with Crippen molar-refractivity contribution in [2.75, 3.05) is 12.5 Å². The van der Waals surface area contributed by atoms with Gasteiger partial charge in [0.15, 0.2) is 17.3 Å². The summed E-state index contributed by atoms with van der Waals surface area (Å²) in [6.45, 7) is 2.13. The predicted molar refractivity (Wildman–Crippen MR) is 79.3 cm³/mol. The summed E-state index contributed by atoms with van der Waals surface area (Å²) >= 11 is 0. The molecule has 1 heterocycles. The summed E-state index contributed by atoms with van der Waals surface area (Å²) in [5.74, 6) is 0.975. The van der Waals surface area contributed by atoms with Crippen LogP contribution in [0.4, 0.5) is 0 Å². The topological polar surface area (TPSA) is 52.6 Å². The van der Waals surface area contributed by atoms with Crippen LogP contribution in [0.3, 0.4) is 0 Å². The Bertz CT molecular complexity index is 707. The molecule has 0 bridgehead atoms. The van der Waals surface area contributed by atoms with E-state index in [0.29, 0.717) is 22.0 Å². The van der Waals surface area contributed by atoms with E-state index in [1.165, 1.54) is 0 Å². The van der Waals surface area contributed by atoms with Crippen LogP contribution in [0, 0.1) is 6.92 Å². The molecule has 3 rings (SSSR count). The molecular weight excluding hydrogens is 288 g/mol. The van der Waals surface area contributed by atoms with Gasteiger partial charge in [0.25, 0.3) is 0 Å². The minimum Gasteiger partial charge on any atom is -0.454 e. The third-order valence-corrected chi connectivity index (χ3v) is 4.56. The Morgan fingerprint density at radius 1 is 1.10 bits per heavy atom. The Kier molecular flexibility index (Phi) is 3.75. The second kappa shape index (κ2) is 5.69.